The SMILES string of the molecule is c1ccc(-c2cc3c4cc2c2c3ccc3cccc4c32)cc1. The molecule has 0 N–H and O–H groups in total. The van der Waals surface area contributed by atoms with E-state index in [0.29, 0.717) is 0 Å². The Hall–Kier alpha value is -2.86. The lowest BCUT2D eigenvalue weighted by atomic mass is 9.81. The largest absolute Gasteiger partial charge is 0.0622 e. The molecule has 0 aromatic heterocycles. The van der Waals surface area contributed by atoms with E-state index in [1.807, 2.05) is 0 Å². The summed E-state index contributed by atoms with van der Waals surface area (Å²) in [6.07, 6.45) is 0. The van der Waals surface area contributed by atoms with Crippen LogP contribution in [-0.4, -0.2) is 0 Å². The minimum Gasteiger partial charge on any atom is -0.0622 e. The van der Waals surface area contributed by atoms with Crippen molar-refractivity contribution in [2.45, 2.75) is 0 Å². The van der Waals surface area contributed by atoms with Gasteiger partial charge in [0.05, 0.1) is 0 Å². The minimum atomic E-state index is 1.31. The highest BCUT2D eigenvalue weighted by Crippen LogP contribution is 2.48. The molecule has 22 heavy (non-hydrogen) atoms. The Morgan fingerprint density at radius 1 is 0.455 bits per heavy atom. The fourth-order valence-electron chi connectivity index (χ4n) is 4.22. The number of hydrogen-bond donors (Lipinski definition) is 0. The second kappa shape index (κ2) is 3.48. The van der Waals surface area contributed by atoms with E-state index in [4.69, 9.17) is 0 Å². The Morgan fingerprint density at radius 2 is 1.27 bits per heavy atom. The van der Waals surface area contributed by atoms with Gasteiger partial charge in [-0.25, -0.2) is 0 Å². The maximum atomic E-state index is 2.39. The standard InChI is InChI=1S/C22H12/c1-2-5-13(6-3-1)17-11-18-16-10-9-14-7-4-8-15-19(18)12-20(17)22(16)21(14)15/h1-12H. The van der Waals surface area contributed by atoms with Gasteiger partial charge >= 0.3 is 0 Å². The van der Waals surface area contributed by atoms with Crippen LogP contribution in [0.1, 0.15) is 0 Å². The van der Waals surface area contributed by atoms with Crippen LogP contribution in [0.25, 0.3) is 54.2 Å². The zero-order valence-corrected chi connectivity index (χ0v) is 11.9. The van der Waals surface area contributed by atoms with Crippen LogP contribution in [0.4, 0.5) is 0 Å². The molecule has 0 unspecified atom stereocenters. The van der Waals surface area contributed by atoms with Gasteiger partial charge in [-0.15, -0.1) is 0 Å². The summed E-state index contributed by atoms with van der Waals surface area (Å²) >= 11 is 0. The van der Waals surface area contributed by atoms with Gasteiger partial charge in [0.1, 0.15) is 0 Å². The second-order valence-corrected chi connectivity index (χ2v) is 6.20. The Bertz CT molecular complexity index is 1250. The van der Waals surface area contributed by atoms with Crippen molar-refractivity contribution in [3.63, 3.8) is 0 Å². The molecule has 0 saturated carbocycles. The quantitative estimate of drug-likeness (QED) is 0.310. The number of benzene rings is 8. The van der Waals surface area contributed by atoms with Gasteiger partial charge in [0.25, 0.3) is 0 Å². The van der Waals surface area contributed by atoms with Crippen LogP contribution in [0.5, 0.6) is 0 Å². The van der Waals surface area contributed by atoms with Crippen LogP contribution >= 0.6 is 0 Å². The van der Waals surface area contributed by atoms with Crippen LogP contribution in [0.15, 0.2) is 72.8 Å². The lowest BCUT2D eigenvalue weighted by molar-refractivity contribution is 1.67. The lowest BCUT2D eigenvalue weighted by Crippen LogP contribution is -1.94. The second-order valence-electron chi connectivity index (χ2n) is 6.20. The van der Waals surface area contributed by atoms with Crippen molar-refractivity contribution in [2.75, 3.05) is 0 Å². The molecule has 8 rings (SSSR count). The first-order chi connectivity index (χ1) is 10.9. The van der Waals surface area contributed by atoms with Gasteiger partial charge in [0.2, 0.25) is 0 Å². The first-order valence-corrected chi connectivity index (χ1v) is 7.72. The van der Waals surface area contributed by atoms with E-state index >= 15 is 0 Å². The molecule has 0 aliphatic rings. The molecule has 0 heteroatoms. The molecule has 6 bridgehead atoms. The average molecular weight is 276 g/mol. The van der Waals surface area contributed by atoms with Crippen LogP contribution in [0.2, 0.25) is 0 Å². The van der Waals surface area contributed by atoms with E-state index in [9.17, 15) is 0 Å². The molecule has 100 valence electrons. The van der Waals surface area contributed by atoms with E-state index in [1.54, 1.807) is 0 Å². The predicted molar refractivity (Wildman–Crippen MR) is 95.5 cm³/mol. The number of rotatable bonds is 1. The molecule has 0 heterocycles. The van der Waals surface area contributed by atoms with E-state index in [-0.39, 0.29) is 0 Å². The lowest BCUT2D eigenvalue weighted by Gasteiger charge is -2.22. The van der Waals surface area contributed by atoms with E-state index < -0.39 is 0 Å². The van der Waals surface area contributed by atoms with Crippen molar-refractivity contribution in [1.29, 1.82) is 0 Å². The van der Waals surface area contributed by atoms with Crippen molar-refractivity contribution in [3.8, 4) is 11.1 Å². The molecule has 8 aromatic rings. The fourth-order valence-corrected chi connectivity index (χ4v) is 4.22. The number of fused-ring (bicyclic) bond motifs is 1. The van der Waals surface area contributed by atoms with Crippen molar-refractivity contribution in [1.82, 2.24) is 0 Å². The molecule has 0 aliphatic carbocycles. The Kier molecular flexibility index (Phi) is 1.71. The molecule has 0 saturated heterocycles. The summed E-state index contributed by atoms with van der Waals surface area (Å²) in [6, 6.07) is 26.7. The van der Waals surface area contributed by atoms with Gasteiger partial charge in [-0.1, -0.05) is 60.7 Å². The van der Waals surface area contributed by atoms with Crippen LogP contribution < -0.4 is 0 Å². The summed E-state index contributed by atoms with van der Waals surface area (Å²) in [6.45, 7) is 0. The molecule has 0 aliphatic heterocycles. The summed E-state index contributed by atoms with van der Waals surface area (Å²) in [5, 5.41) is 11.3. The summed E-state index contributed by atoms with van der Waals surface area (Å²) in [4.78, 5) is 0. The van der Waals surface area contributed by atoms with Crippen LogP contribution in [-0.2, 0) is 0 Å². The van der Waals surface area contributed by atoms with Crippen molar-refractivity contribution in [2.24, 2.45) is 0 Å². The van der Waals surface area contributed by atoms with Gasteiger partial charge in [-0.3, -0.25) is 0 Å². The molecule has 0 amide bonds. The molecular weight excluding hydrogens is 264 g/mol. The molecule has 0 nitrogen and oxygen atoms in total. The third kappa shape index (κ3) is 1.09. The highest BCUT2D eigenvalue weighted by atomic mass is 14.2. The van der Waals surface area contributed by atoms with Crippen molar-refractivity contribution < 1.29 is 0 Å². The summed E-state index contributed by atoms with van der Waals surface area (Å²) in [5.41, 5.74) is 2.68. The monoisotopic (exact) mass is 276 g/mol. The van der Waals surface area contributed by atoms with E-state index in [0.717, 1.165) is 0 Å². The summed E-state index contributed by atoms with van der Waals surface area (Å²) in [5.74, 6) is 0. The highest BCUT2D eigenvalue weighted by Gasteiger charge is 2.20. The third-order valence-corrected chi connectivity index (χ3v) is 5.14. The van der Waals surface area contributed by atoms with Gasteiger partial charge < -0.3 is 0 Å². The minimum absolute atomic E-state index is 1.31. The smallest absolute Gasteiger partial charge is 0.00139 e. The average Bonchev–Trinajstić information content (AvgIpc) is 2.61. The normalized spacial score (nSPS) is 12.5. The van der Waals surface area contributed by atoms with Gasteiger partial charge in [0, 0.05) is 0 Å². The molecule has 8 aromatic carbocycles. The first kappa shape index (κ1) is 10.8. The zero-order valence-electron chi connectivity index (χ0n) is 11.9. The van der Waals surface area contributed by atoms with Crippen LogP contribution in [0, 0.1) is 0 Å². The van der Waals surface area contributed by atoms with E-state index in [2.05, 4.69) is 72.8 Å². The van der Waals surface area contributed by atoms with Gasteiger partial charge in [-0.05, 0) is 66.3 Å². The fraction of sp³-hybridized carbons (Fsp3) is 0. The third-order valence-electron chi connectivity index (χ3n) is 5.14. The molecule has 0 spiro atoms. The Balaban J connectivity index is 1.93. The van der Waals surface area contributed by atoms with E-state index in [1.165, 1.54) is 54.2 Å². The maximum Gasteiger partial charge on any atom is -0.00139 e. The topological polar surface area (TPSA) is 0 Å². The first-order valence-electron chi connectivity index (χ1n) is 7.72. The highest BCUT2D eigenvalue weighted by molar-refractivity contribution is 6.39. The van der Waals surface area contributed by atoms with Crippen LogP contribution in [0.3, 0.4) is 0 Å². The van der Waals surface area contributed by atoms with Crippen molar-refractivity contribution in [3.05, 3.63) is 72.8 Å². The van der Waals surface area contributed by atoms with Gasteiger partial charge in [-0.2, -0.15) is 0 Å². The summed E-state index contributed by atoms with van der Waals surface area (Å²) < 4.78 is 0. The Morgan fingerprint density at radius 3 is 2.18 bits per heavy atom. The molecule has 0 fully saturated rings. The maximum absolute atomic E-state index is 2.39. The van der Waals surface area contributed by atoms with Crippen molar-refractivity contribution >= 4 is 43.1 Å². The van der Waals surface area contributed by atoms with Gasteiger partial charge in [0.15, 0.2) is 0 Å². The molecule has 0 radical (unpaired) electrons. The summed E-state index contributed by atoms with van der Waals surface area (Å²) in [7, 11) is 0. The molecular formula is C22H12. The zero-order chi connectivity index (χ0) is 14.3. The predicted octanol–water partition coefficient (Wildman–Crippen LogP) is 6.28. The molecule has 0 atom stereocenters. The Labute approximate surface area is 127 Å². The number of hydrogen-bond acceptors (Lipinski definition) is 0.